The first-order valence-corrected chi connectivity index (χ1v) is 7.10. The van der Waals surface area contributed by atoms with Crippen LogP contribution in [0.3, 0.4) is 0 Å². The highest BCUT2D eigenvalue weighted by atomic mass is 16.5. The Balaban J connectivity index is 1.90. The number of nitrogens with zero attached hydrogens (tertiary/aromatic N) is 3. The molecule has 1 aliphatic heterocycles. The molecule has 2 aromatic rings. The lowest BCUT2D eigenvalue weighted by atomic mass is 10.1. The van der Waals surface area contributed by atoms with E-state index in [2.05, 4.69) is 4.98 Å². The lowest BCUT2D eigenvalue weighted by Crippen LogP contribution is -2.43. The second-order valence-electron chi connectivity index (χ2n) is 5.51. The molecule has 0 spiro atoms. The van der Waals surface area contributed by atoms with Crippen LogP contribution < -0.4 is 9.64 Å². The summed E-state index contributed by atoms with van der Waals surface area (Å²) in [4.78, 5) is 18.6. The fourth-order valence-corrected chi connectivity index (χ4v) is 2.59. The van der Waals surface area contributed by atoms with Crippen molar-refractivity contribution in [3.8, 4) is 5.75 Å². The van der Waals surface area contributed by atoms with Gasteiger partial charge in [-0.15, -0.1) is 0 Å². The van der Waals surface area contributed by atoms with E-state index in [4.69, 9.17) is 4.74 Å². The van der Waals surface area contributed by atoms with Gasteiger partial charge in [-0.25, -0.2) is 4.98 Å². The molecule has 1 atom stereocenters. The fourth-order valence-electron chi connectivity index (χ4n) is 2.59. The number of fused-ring (bicyclic) bond motifs is 1. The van der Waals surface area contributed by atoms with Gasteiger partial charge in [-0.1, -0.05) is 6.07 Å². The summed E-state index contributed by atoms with van der Waals surface area (Å²) in [5.41, 5.74) is 1.97. The van der Waals surface area contributed by atoms with Crippen LogP contribution in [-0.4, -0.2) is 28.1 Å². The van der Waals surface area contributed by atoms with Crippen molar-refractivity contribution >= 4 is 11.6 Å². The smallest absolute Gasteiger partial charge is 0.247 e. The highest BCUT2D eigenvalue weighted by Crippen LogP contribution is 2.34. The number of aryl methyl sites for hydroxylation is 2. The summed E-state index contributed by atoms with van der Waals surface area (Å²) >= 11 is 0. The van der Waals surface area contributed by atoms with Gasteiger partial charge < -0.3 is 14.2 Å². The van der Waals surface area contributed by atoms with Crippen LogP contribution in [0.1, 0.15) is 18.3 Å². The minimum absolute atomic E-state index is 0.00644. The molecule has 1 aromatic carbocycles. The van der Waals surface area contributed by atoms with E-state index in [9.17, 15) is 4.79 Å². The lowest BCUT2D eigenvalue weighted by Gasteiger charge is -2.33. The van der Waals surface area contributed by atoms with Crippen molar-refractivity contribution < 1.29 is 9.53 Å². The van der Waals surface area contributed by atoms with Crippen molar-refractivity contribution in [1.29, 1.82) is 0 Å². The molecule has 0 radical (unpaired) electrons. The number of ether oxygens (including phenoxy) is 1. The standard InChI is InChI=1S/C16H19N3O2/c1-11-4-5-15-14(8-11)19(9-12(2)21-15)16(20)10-18-7-6-17-13(18)3/h4-8,12H,9-10H2,1-3H3/t12-/m0/s1. The van der Waals surface area contributed by atoms with E-state index in [1.165, 1.54) is 0 Å². The molecular weight excluding hydrogens is 266 g/mol. The van der Waals surface area contributed by atoms with E-state index >= 15 is 0 Å². The summed E-state index contributed by atoms with van der Waals surface area (Å²) in [5, 5.41) is 0. The van der Waals surface area contributed by atoms with Crippen LogP contribution in [0.2, 0.25) is 0 Å². The van der Waals surface area contributed by atoms with Crippen LogP contribution in [-0.2, 0) is 11.3 Å². The maximum absolute atomic E-state index is 12.7. The van der Waals surface area contributed by atoms with Crippen LogP contribution in [0.15, 0.2) is 30.6 Å². The Kier molecular flexibility index (Phi) is 3.41. The molecule has 0 saturated heterocycles. The highest BCUT2D eigenvalue weighted by Gasteiger charge is 2.27. The van der Waals surface area contributed by atoms with Gasteiger partial charge in [0.1, 0.15) is 24.2 Å². The number of anilines is 1. The van der Waals surface area contributed by atoms with E-state index in [1.54, 1.807) is 6.20 Å². The maximum atomic E-state index is 12.7. The van der Waals surface area contributed by atoms with Crippen molar-refractivity contribution in [2.24, 2.45) is 0 Å². The number of hydrogen-bond acceptors (Lipinski definition) is 3. The molecule has 0 saturated carbocycles. The quantitative estimate of drug-likeness (QED) is 0.850. The van der Waals surface area contributed by atoms with Crippen molar-refractivity contribution in [3.05, 3.63) is 42.0 Å². The maximum Gasteiger partial charge on any atom is 0.247 e. The van der Waals surface area contributed by atoms with Gasteiger partial charge in [0.15, 0.2) is 0 Å². The van der Waals surface area contributed by atoms with Crippen molar-refractivity contribution in [2.75, 3.05) is 11.4 Å². The summed E-state index contributed by atoms with van der Waals surface area (Å²) in [7, 11) is 0. The summed E-state index contributed by atoms with van der Waals surface area (Å²) in [6.07, 6.45) is 3.53. The minimum Gasteiger partial charge on any atom is -0.487 e. The van der Waals surface area contributed by atoms with Crippen LogP contribution in [0.4, 0.5) is 5.69 Å². The number of carbonyl (C=O) groups is 1. The average Bonchev–Trinajstić information content (AvgIpc) is 2.84. The predicted molar refractivity (Wildman–Crippen MR) is 80.6 cm³/mol. The Morgan fingerprint density at radius 1 is 1.43 bits per heavy atom. The topological polar surface area (TPSA) is 47.4 Å². The molecule has 0 bridgehead atoms. The number of benzene rings is 1. The lowest BCUT2D eigenvalue weighted by molar-refractivity contribution is -0.119. The van der Waals surface area contributed by atoms with Crippen LogP contribution in [0.5, 0.6) is 5.75 Å². The Morgan fingerprint density at radius 2 is 2.24 bits per heavy atom. The fraction of sp³-hybridized carbons (Fsp3) is 0.375. The molecule has 1 aromatic heterocycles. The highest BCUT2D eigenvalue weighted by molar-refractivity contribution is 5.95. The van der Waals surface area contributed by atoms with E-state index < -0.39 is 0 Å². The number of rotatable bonds is 2. The first-order chi connectivity index (χ1) is 10.0. The third-order valence-corrected chi connectivity index (χ3v) is 3.70. The second kappa shape index (κ2) is 5.24. The SMILES string of the molecule is Cc1ccc2c(c1)N(C(=O)Cn1ccnc1C)C[C@H](C)O2. The molecule has 0 N–H and O–H groups in total. The van der Waals surface area contributed by atoms with Gasteiger partial charge in [0.25, 0.3) is 0 Å². The number of carbonyl (C=O) groups excluding carboxylic acids is 1. The Morgan fingerprint density at radius 3 is 2.95 bits per heavy atom. The van der Waals surface area contributed by atoms with E-state index in [0.717, 1.165) is 22.8 Å². The van der Waals surface area contributed by atoms with Gasteiger partial charge in [0.05, 0.1) is 12.2 Å². The number of aromatic nitrogens is 2. The monoisotopic (exact) mass is 285 g/mol. The van der Waals surface area contributed by atoms with Gasteiger partial charge in [0.2, 0.25) is 5.91 Å². The number of hydrogen-bond donors (Lipinski definition) is 0. The van der Waals surface area contributed by atoms with Gasteiger partial charge in [0, 0.05) is 12.4 Å². The van der Waals surface area contributed by atoms with Gasteiger partial charge >= 0.3 is 0 Å². The third kappa shape index (κ3) is 2.63. The molecule has 0 unspecified atom stereocenters. The molecule has 110 valence electrons. The molecule has 2 heterocycles. The van der Waals surface area contributed by atoms with Crippen molar-refractivity contribution in [1.82, 2.24) is 9.55 Å². The Hall–Kier alpha value is -2.30. The van der Waals surface area contributed by atoms with Gasteiger partial charge in [-0.3, -0.25) is 4.79 Å². The molecule has 0 fully saturated rings. The normalized spacial score (nSPS) is 17.3. The molecule has 21 heavy (non-hydrogen) atoms. The zero-order chi connectivity index (χ0) is 15.0. The van der Waals surface area contributed by atoms with E-state index in [0.29, 0.717) is 13.1 Å². The third-order valence-electron chi connectivity index (χ3n) is 3.70. The predicted octanol–water partition coefficient (Wildman–Crippen LogP) is 2.31. The minimum atomic E-state index is -0.00644. The molecule has 0 aliphatic carbocycles. The summed E-state index contributed by atoms with van der Waals surface area (Å²) in [6.45, 7) is 6.76. The zero-order valence-corrected chi connectivity index (χ0v) is 12.5. The molecule has 1 aliphatic rings. The first-order valence-electron chi connectivity index (χ1n) is 7.10. The molecule has 5 heteroatoms. The largest absolute Gasteiger partial charge is 0.487 e. The zero-order valence-electron chi connectivity index (χ0n) is 12.5. The van der Waals surface area contributed by atoms with Crippen LogP contribution in [0, 0.1) is 13.8 Å². The summed E-state index contributed by atoms with van der Waals surface area (Å²) < 4.78 is 7.67. The molecule has 5 nitrogen and oxygen atoms in total. The summed E-state index contributed by atoms with van der Waals surface area (Å²) in [6, 6.07) is 5.93. The van der Waals surface area contributed by atoms with Crippen molar-refractivity contribution in [2.45, 2.75) is 33.4 Å². The first kappa shape index (κ1) is 13.7. The number of imidazole rings is 1. The molecular formula is C16H19N3O2. The Bertz CT molecular complexity index is 678. The van der Waals surface area contributed by atoms with Crippen molar-refractivity contribution in [3.63, 3.8) is 0 Å². The Labute approximate surface area is 124 Å². The van der Waals surface area contributed by atoms with E-state index in [1.807, 2.05) is 54.6 Å². The number of amides is 1. The second-order valence-corrected chi connectivity index (χ2v) is 5.51. The van der Waals surface area contributed by atoms with Gasteiger partial charge in [-0.05, 0) is 38.5 Å². The molecule has 3 rings (SSSR count). The average molecular weight is 285 g/mol. The summed E-state index contributed by atoms with van der Waals surface area (Å²) in [5.74, 6) is 1.67. The van der Waals surface area contributed by atoms with Gasteiger partial charge in [-0.2, -0.15) is 0 Å². The molecule has 1 amide bonds. The van der Waals surface area contributed by atoms with Crippen LogP contribution >= 0.6 is 0 Å². The van der Waals surface area contributed by atoms with Crippen LogP contribution in [0.25, 0.3) is 0 Å². The van der Waals surface area contributed by atoms with E-state index in [-0.39, 0.29) is 12.0 Å².